The van der Waals surface area contributed by atoms with E-state index in [0.29, 0.717) is 31.8 Å². The van der Waals surface area contributed by atoms with Gasteiger partial charge in [-0.1, -0.05) is 12.1 Å². The first kappa shape index (κ1) is 26.9. The minimum atomic E-state index is -0.506. The minimum absolute atomic E-state index is 0.0727. The molecular weight excluding hydrogens is 497 g/mol. The maximum Gasteiger partial charge on any atom is 0.229 e. The van der Waals surface area contributed by atoms with E-state index in [0.717, 1.165) is 35.6 Å². The molecule has 39 heavy (non-hydrogen) atoms. The predicted octanol–water partition coefficient (Wildman–Crippen LogP) is 3.71. The Morgan fingerprint density at radius 2 is 2.00 bits per heavy atom. The first-order valence-corrected chi connectivity index (χ1v) is 13.4. The zero-order valence-electron chi connectivity index (χ0n) is 22.8. The largest absolute Gasteiger partial charge is 0.370 e. The maximum absolute atomic E-state index is 14.0. The summed E-state index contributed by atoms with van der Waals surface area (Å²) in [5.74, 6) is 0.0490. The van der Waals surface area contributed by atoms with Gasteiger partial charge in [-0.2, -0.15) is 10.4 Å². The number of carbonyl (C=O) groups is 1. The van der Waals surface area contributed by atoms with Gasteiger partial charge in [0, 0.05) is 50.6 Å². The molecule has 3 aliphatic rings. The summed E-state index contributed by atoms with van der Waals surface area (Å²) in [5, 5.41) is 17.4. The number of pyridine rings is 1. The number of halogens is 1. The van der Waals surface area contributed by atoms with Crippen LogP contribution in [0.3, 0.4) is 0 Å². The Morgan fingerprint density at radius 1 is 1.18 bits per heavy atom. The highest BCUT2D eigenvalue weighted by Crippen LogP contribution is 2.32. The summed E-state index contributed by atoms with van der Waals surface area (Å²) in [6, 6.07) is 9.24. The lowest BCUT2D eigenvalue weighted by Gasteiger charge is -2.46. The van der Waals surface area contributed by atoms with Crippen LogP contribution < -0.4 is 4.90 Å². The molecule has 2 aromatic rings. The predicted molar refractivity (Wildman–Crippen MR) is 147 cm³/mol. The normalized spacial score (nSPS) is 24.2. The van der Waals surface area contributed by atoms with Crippen LogP contribution in [0.25, 0.3) is 0 Å². The molecule has 0 radical (unpaired) electrons. The summed E-state index contributed by atoms with van der Waals surface area (Å²) >= 11 is 0. The van der Waals surface area contributed by atoms with Crippen molar-refractivity contribution >= 4 is 24.3 Å². The summed E-state index contributed by atoms with van der Waals surface area (Å²) < 4.78 is 20.2. The number of amides is 1. The van der Waals surface area contributed by atoms with Gasteiger partial charge in [0.25, 0.3) is 0 Å². The standard InChI is InChI=1S/C29H34FN7O2/c1-18-9-10-32-33-17-37(18)28-8-6-23(21(4)34-28)20(3)29(38)36-12-11-35-15-27(39-16-22(35)14-36)24-5-7-26(30)25(13-31)19(24)2/h5-8,10,17-18,20,22,27H,9,11-12,14-16H2,1-4H3. The van der Waals surface area contributed by atoms with Gasteiger partial charge in [-0.15, -0.1) is 5.10 Å². The number of ether oxygens (including phenoxy) is 1. The van der Waals surface area contributed by atoms with Crippen molar-refractivity contribution in [2.45, 2.75) is 58.2 Å². The van der Waals surface area contributed by atoms with E-state index in [1.807, 2.05) is 41.8 Å². The molecule has 4 heterocycles. The van der Waals surface area contributed by atoms with E-state index in [2.05, 4.69) is 22.0 Å². The number of hydrogen-bond acceptors (Lipinski definition) is 8. The number of fused-ring (bicyclic) bond motifs is 1. The third kappa shape index (κ3) is 5.29. The van der Waals surface area contributed by atoms with Crippen LogP contribution in [0.5, 0.6) is 0 Å². The van der Waals surface area contributed by atoms with Crippen LogP contribution in [-0.2, 0) is 9.53 Å². The van der Waals surface area contributed by atoms with E-state index in [9.17, 15) is 14.4 Å². The second-order valence-corrected chi connectivity index (χ2v) is 10.6. The molecule has 4 atom stereocenters. The van der Waals surface area contributed by atoms with Gasteiger partial charge >= 0.3 is 0 Å². The fraction of sp³-hybridized carbons (Fsp3) is 0.483. The molecule has 10 heteroatoms. The summed E-state index contributed by atoms with van der Waals surface area (Å²) in [7, 11) is 0. The van der Waals surface area contributed by atoms with Crippen LogP contribution in [0.1, 0.15) is 60.2 Å². The van der Waals surface area contributed by atoms with Crippen LogP contribution >= 0.6 is 0 Å². The number of aromatic nitrogens is 1. The smallest absolute Gasteiger partial charge is 0.229 e. The summed E-state index contributed by atoms with van der Waals surface area (Å²) in [6.45, 7) is 10.8. The molecule has 204 valence electrons. The van der Waals surface area contributed by atoms with Crippen LogP contribution in [0, 0.1) is 31.0 Å². The Bertz CT molecular complexity index is 1350. The molecule has 9 nitrogen and oxygen atoms in total. The number of piperazine rings is 1. The molecule has 4 unspecified atom stereocenters. The summed E-state index contributed by atoms with van der Waals surface area (Å²) in [6.07, 6.45) is 4.04. The SMILES string of the molecule is Cc1nc(N2C=NN=CCC2C)ccc1C(C)C(=O)N1CCN2CC(c3ccc(F)c(C#N)c3C)OCC2C1. The van der Waals surface area contributed by atoms with Crippen molar-refractivity contribution in [3.05, 3.63) is 58.0 Å². The lowest BCUT2D eigenvalue weighted by molar-refractivity contribution is -0.141. The number of carbonyl (C=O) groups excluding carboxylic acids is 1. The van der Waals surface area contributed by atoms with E-state index < -0.39 is 5.82 Å². The first-order valence-electron chi connectivity index (χ1n) is 13.4. The lowest BCUT2D eigenvalue weighted by Crippen LogP contribution is -2.60. The van der Waals surface area contributed by atoms with Gasteiger partial charge < -0.3 is 14.5 Å². The van der Waals surface area contributed by atoms with E-state index >= 15 is 0 Å². The summed E-state index contributed by atoms with van der Waals surface area (Å²) in [4.78, 5) is 24.6. The molecule has 1 aromatic carbocycles. The molecule has 1 amide bonds. The van der Waals surface area contributed by atoms with Gasteiger partial charge in [-0.25, -0.2) is 9.37 Å². The van der Waals surface area contributed by atoms with Gasteiger partial charge in [0.2, 0.25) is 5.91 Å². The number of nitriles is 1. The molecule has 2 fully saturated rings. The topological polar surface area (TPSA) is 97.4 Å². The molecule has 1 aromatic heterocycles. The fourth-order valence-electron chi connectivity index (χ4n) is 5.76. The molecule has 0 saturated carbocycles. The van der Waals surface area contributed by atoms with Crippen LogP contribution in [-0.4, -0.2) is 78.1 Å². The monoisotopic (exact) mass is 531 g/mol. The molecule has 0 N–H and O–H groups in total. The Hall–Kier alpha value is -3.68. The van der Waals surface area contributed by atoms with Crippen molar-refractivity contribution in [2.75, 3.05) is 37.7 Å². The second-order valence-electron chi connectivity index (χ2n) is 10.6. The number of hydrogen-bond donors (Lipinski definition) is 0. The number of morpholine rings is 1. The molecule has 0 bridgehead atoms. The van der Waals surface area contributed by atoms with E-state index in [1.54, 1.807) is 25.5 Å². The van der Waals surface area contributed by atoms with Gasteiger partial charge in [0.15, 0.2) is 0 Å². The Balaban J connectivity index is 1.23. The number of aryl methyl sites for hydroxylation is 1. The average molecular weight is 532 g/mol. The third-order valence-corrected chi connectivity index (χ3v) is 8.18. The lowest BCUT2D eigenvalue weighted by atomic mass is 9.95. The molecule has 3 aliphatic heterocycles. The number of anilines is 1. The number of nitrogens with zero attached hydrogens (tertiary/aromatic N) is 7. The van der Waals surface area contributed by atoms with Crippen molar-refractivity contribution in [1.82, 2.24) is 14.8 Å². The maximum atomic E-state index is 14.0. The molecule has 0 aliphatic carbocycles. The molecule has 0 spiro atoms. The van der Waals surface area contributed by atoms with Gasteiger partial charge in [-0.3, -0.25) is 9.69 Å². The zero-order chi connectivity index (χ0) is 27.7. The van der Waals surface area contributed by atoms with Gasteiger partial charge in [0.05, 0.1) is 30.2 Å². The molecular formula is C29H34FN7O2. The highest BCUT2D eigenvalue weighted by atomic mass is 19.1. The first-order chi connectivity index (χ1) is 18.8. The number of benzene rings is 1. The van der Waals surface area contributed by atoms with E-state index in [-0.39, 0.29) is 35.6 Å². The molecule has 2 saturated heterocycles. The Labute approximate surface area is 228 Å². The van der Waals surface area contributed by atoms with E-state index in [1.165, 1.54) is 6.07 Å². The summed E-state index contributed by atoms with van der Waals surface area (Å²) in [5.41, 5.74) is 3.29. The Morgan fingerprint density at radius 3 is 2.77 bits per heavy atom. The van der Waals surface area contributed by atoms with Crippen molar-refractivity contribution in [1.29, 1.82) is 5.26 Å². The number of rotatable bonds is 4. The quantitative estimate of drug-likeness (QED) is 0.597. The highest BCUT2D eigenvalue weighted by molar-refractivity contribution is 5.84. The van der Waals surface area contributed by atoms with Gasteiger partial charge in [0.1, 0.15) is 24.0 Å². The van der Waals surface area contributed by atoms with Crippen LogP contribution in [0.15, 0.2) is 34.5 Å². The van der Waals surface area contributed by atoms with Crippen molar-refractivity contribution < 1.29 is 13.9 Å². The Kier molecular flexibility index (Phi) is 7.73. The molecule has 5 rings (SSSR count). The van der Waals surface area contributed by atoms with Crippen LogP contribution in [0.4, 0.5) is 10.2 Å². The van der Waals surface area contributed by atoms with Crippen molar-refractivity contribution in [3.63, 3.8) is 0 Å². The van der Waals surface area contributed by atoms with Crippen molar-refractivity contribution in [3.8, 4) is 6.07 Å². The van der Waals surface area contributed by atoms with Crippen LogP contribution in [0.2, 0.25) is 0 Å². The van der Waals surface area contributed by atoms with Gasteiger partial charge in [-0.05, 0) is 56.5 Å². The highest BCUT2D eigenvalue weighted by Gasteiger charge is 2.37. The zero-order valence-corrected chi connectivity index (χ0v) is 22.8. The minimum Gasteiger partial charge on any atom is -0.370 e. The third-order valence-electron chi connectivity index (χ3n) is 8.18. The van der Waals surface area contributed by atoms with E-state index in [4.69, 9.17) is 9.72 Å². The van der Waals surface area contributed by atoms with Crippen molar-refractivity contribution in [2.24, 2.45) is 10.2 Å². The second kappa shape index (κ2) is 11.2. The fourth-order valence-corrected chi connectivity index (χ4v) is 5.76. The average Bonchev–Trinajstić information content (AvgIpc) is 3.16.